The number of anilines is 2. The largest absolute Gasteiger partial charge is 0.474 e. The molecule has 1 amide bonds. The monoisotopic (exact) mass is 422 g/mol. The molecule has 8 heteroatoms. The summed E-state index contributed by atoms with van der Waals surface area (Å²) in [6, 6.07) is 4.91. The molecule has 7 nitrogen and oxygen atoms in total. The Morgan fingerprint density at radius 2 is 2.00 bits per heavy atom. The predicted octanol–water partition coefficient (Wildman–Crippen LogP) is 5.04. The van der Waals surface area contributed by atoms with Gasteiger partial charge in [-0.3, -0.25) is 5.32 Å². The van der Waals surface area contributed by atoms with Crippen LogP contribution in [0.1, 0.15) is 31.2 Å². The quantitative estimate of drug-likeness (QED) is 0.615. The van der Waals surface area contributed by atoms with Crippen LogP contribution in [0, 0.1) is 12.7 Å². The molecule has 160 valence electrons. The van der Waals surface area contributed by atoms with Gasteiger partial charge in [-0.1, -0.05) is 0 Å². The van der Waals surface area contributed by atoms with Crippen LogP contribution in [0.3, 0.4) is 0 Å². The van der Waals surface area contributed by atoms with E-state index in [9.17, 15) is 9.18 Å². The van der Waals surface area contributed by atoms with Gasteiger partial charge in [0.1, 0.15) is 30.0 Å². The maximum absolute atomic E-state index is 15.0. The van der Waals surface area contributed by atoms with Crippen LogP contribution in [0.4, 0.5) is 20.7 Å². The highest BCUT2D eigenvalue weighted by Crippen LogP contribution is 2.37. The number of carbonyl (C=O) groups is 1. The smallest absolute Gasteiger partial charge is 0.413 e. The number of fused-ring (bicyclic) bond motifs is 2. The van der Waals surface area contributed by atoms with Gasteiger partial charge in [-0.15, -0.1) is 0 Å². The third-order valence-electron chi connectivity index (χ3n) is 5.85. The molecule has 2 aromatic heterocycles. The summed E-state index contributed by atoms with van der Waals surface area (Å²) in [5.74, 6) is 0.533. The lowest BCUT2D eigenvalue weighted by Gasteiger charge is -2.21. The highest BCUT2D eigenvalue weighted by Gasteiger charge is 2.21. The van der Waals surface area contributed by atoms with Crippen molar-refractivity contribution in [3.8, 4) is 17.0 Å². The minimum Gasteiger partial charge on any atom is -0.474 e. The van der Waals surface area contributed by atoms with Gasteiger partial charge in [0.15, 0.2) is 0 Å². The van der Waals surface area contributed by atoms with E-state index in [-0.39, 0.29) is 11.9 Å². The van der Waals surface area contributed by atoms with Crippen LogP contribution in [0.25, 0.3) is 21.9 Å². The van der Waals surface area contributed by atoms with Gasteiger partial charge in [0, 0.05) is 35.5 Å². The second-order valence-corrected chi connectivity index (χ2v) is 7.94. The molecule has 2 N–H and O–H groups in total. The highest BCUT2D eigenvalue weighted by atomic mass is 19.1. The van der Waals surface area contributed by atoms with Gasteiger partial charge in [0.25, 0.3) is 0 Å². The number of benzene rings is 1. The summed E-state index contributed by atoms with van der Waals surface area (Å²) in [6.07, 6.45) is 6.59. The van der Waals surface area contributed by atoms with Gasteiger partial charge >= 0.3 is 6.09 Å². The first-order valence-electron chi connectivity index (χ1n) is 10.5. The fourth-order valence-electron chi connectivity index (χ4n) is 4.22. The van der Waals surface area contributed by atoms with Crippen LogP contribution >= 0.6 is 0 Å². The number of hydrogen-bond donors (Lipinski definition) is 2. The normalized spacial score (nSPS) is 15.8. The second kappa shape index (κ2) is 8.02. The highest BCUT2D eigenvalue weighted by molar-refractivity contribution is 5.92. The van der Waals surface area contributed by atoms with Gasteiger partial charge < -0.3 is 14.8 Å². The van der Waals surface area contributed by atoms with Gasteiger partial charge in [0.2, 0.25) is 5.88 Å². The fourth-order valence-corrected chi connectivity index (χ4v) is 4.22. The van der Waals surface area contributed by atoms with E-state index in [1.807, 2.05) is 6.92 Å². The molecule has 0 bridgehead atoms. The number of aromatic nitrogens is 2. The van der Waals surface area contributed by atoms with Crippen molar-refractivity contribution in [2.24, 2.45) is 0 Å². The molecule has 1 aliphatic heterocycles. The lowest BCUT2D eigenvalue weighted by molar-refractivity contribution is 0.114. The molecule has 0 radical (unpaired) electrons. The van der Waals surface area contributed by atoms with E-state index >= 15 is 0 Å². The Kier molecular flexibility index (Phi) is 5.05. The summed E-state index contributed by atoms with van der Waals surface area (Å²) >= 11 is 0. The van der Waals surface area contributed by atoms with Crippen molar-refractivity contribution in [3.63, 3.8) is 0 Å². The van der Waals surface area contributed by atoms with E-state index in [0.29, 0.717) is 41.4 Å². The summed E-state index contributed by atoms with van der Waals surface area (Å²) < 4.78 is 26.0. The summed E-state index contributed by atoms with van der Waals surface area (Å²) in [6.45, 7) is 3.14. The third kappa shape index (κ3) is 3.85. The predicted molar refractivity (Wildman–Crippen MR) is 116 cm³/mol. The standard InChI is InChI=1S/C23H23FN4O3/c1-13-18(12-27-22-21(13)25-6-7-30-22)17-8-14-10-20(26-11-15(14)9-19(17)24)28-23(29)31-16-4-2-3-5-16/h8-12,16,25H,2-7H2,1H3,(H,26,28,29). The number of nitrogens with one attached hydrogen (secondary N) is 2. The average Bonchev–Trinajstić information content (AvgIpc) is 3.27. The topological polar surface area (TPSA) is 85.4 Å². The van der Waals surface area contributed by atoms with Crippen molar-refractivity contribution >= 4 is 28.4 Å². The van der Waals surface area contributed by atoms with Crippen LogP contribution < -0.4 is 15.4 Å². The number of pyridine rings is 2. The fraction of sp³-hybridized carbons (Fsp3) is 0.348. The molecule has 1 saturated carbocycles. The number of rotatable bonds is 3. The van der Waals surface area contributed by atoms with Crippen molar-refractivity contribution in [2.45, 2.75) is 38.7 Å². The number of amides is 1. The van der Waals surface area contributed by atoms with Gasteiger partial charge in [-0.05, 0) is 61.8 Å². The minimum absolute atomic E-state index is 0.0294. The second-order valence-electron chi connectivity index (χ2n) is 7.94. The van der Waals surface area contributed by atoms with Crippen molar-refractivity contribution < 1.29 is 18.7 Å². The van der Waals surface area contributed by atoms with Crippen molar-refractivity contribution in [2.75, 3.05) is 23.8 Å². The van der Waals surface area contributed by atoms with Crippen LogP contribution in [0.15, 0.2) is 30.6 Å². The number of nitrogens with zero attached hydrogens (tertiary/aromatic N) is 2. The van der Waals surface area contributed by atoms with Crippen LogP contribution in [0.5, 0.6) is 5.88 Å². The first kappa shape index (κ1) is 19.5. The molecule has 0 spiro atoms. The maximum atomic E-state index is 15.0. The van der Waals surface area contributed by atoms with E-state index in [4.69, 9.17) is 9.47 Å². The summed E-state index contributed by atoms with van der Waals surface area (Å²) in [7, 11) is 0. The first-order chi connectivity index (χ1) is 15.1. The lowest BCUT2D eigenvalue weighted by Crippen LogP contribution is -2.20. The molecular formula is C23H23FN4O3. The maximum Gasteiger partial charge on any atom is 0.413 e. The average molecular weight is 422 g/mol. The zero-order chi connectivity index (χ0) is 21.4. The number of halogens is 1. The third-order valence-corrected chi connectivity index (χ3v) is 5.85. The lowest BCUT2D eigenvalue weighted by atomic mass is 9.98. The molecule has 1 fully saturated rings. The Balaban J connectivity index is 1.46. The van der Waals surface area contributed by atoms with E-state index in [1.54, 1.807) is 24.5 Å². The molecule has 0 unspecified atom stereocenters. The van der Waals surface area contributed by atoms with Gasteiger partial charge in [-0.25, -0.2) is 19.2 Å². The van der Waals surface area contributed by atoms with Crippen molar-refractivity contribution in [1.82, 2.24) is 9.97 Å². The zero-order valence-electron chi connectivity index (χ0n) is 17.2. The van der Waals surface area contributed by atoms with Gasteiger partial charge in [0.05, 0.1) is 0 Å². The van der Waals surface area contributed by atoms with E-state index < -0.39 is 6.09 Å². The van der Waals surface area contributed by atoms with Crippen LogP contribution in [-0.2, 0) is 4.74 Å². The van der Waals surface area contributed by atoms with E-state index in [0.717, 1.165) is 42.3 Å². The molecule has 0 saturated heterocycles. The van der Waals surface area contributed by atoms with Crippen LogP contribution in [-0.4, -0.2) is 35.3 Å². The number of ether oxygens (including phenoxy) is 2. The molecule has 1 aliphatic carbocycles. The minimum atomic E-state index is -0.512. The molecule has 31 heavy (non-hydrogen) atoms. The Labute approximate surface area is 179 Å². The van der Waals surface area contributed by atoms with Crippen molar-refractivity contribution in [1.29, 1.82) is 0 Å². The summed E-state index contributed by atoms with van der Waals surface area (Å²) in [5.41, 5.74) is 2.77. The Bertz CT molecular complexity index is 1160. The Hall–Kier alpha value is -3.42. The molecule has 2 aliphatic rings. The molecule has 3 aromatic rings. The molecule has 1 aromatic carbocycles. The van der Waals surface area contributed by atoms with E-state index in [1.165, 1.54) is 6.07 Å². The Morgan fingerprint density at radius 1 is 1.16 bits per heavy atom. The molecule has 0 atom stereocenters. The zero-order valence-corrected chi connectivity index (χ0v) is 17.2. The van der Waals surface area contributed by atoms with Crippen LogP contribution in [0.2, 0.25) is 0 Å². The van der Waals surface area contributed by atoms with Gasteiger partial charge in [-0.2, -0.15) is 0 Å². The Morgan fingerprint density at radius 3 is 2.84 bits per heavy atom. The summed E-state index contributed by atoms with van der Waals surface area (Å²) in [4.78, 5) is 20.7. The van der Waals surface area contributed by atoms with E-state index in [2.05, 4.69) is 20.6 Å². The SMILES string of the molecule is Cc1c(-c2cc3cc(NC(=O)OC4CCCC4)ncc3cc2F)cnc2c1NCCO2. The molecule has 5 rings (SSSR count). The molecule has 3 heterocycles. The number of carbonyl (C=O) groups excluding carboxylic acids is 1. The van der Waals surface area contributed by atoms with Crippen molar-refractivity contribution in [3.05, 3.63) is 42.0 Å². The molecular weight excluding hydrogens is 399 g/mol. The summed E-state index contributed by atoms with van der Waals surface area (Å²) in [5, 5.41) is 7.35. The first-order valence-corrected chi connectivity index (χ1v) is 10.5. The number of hydrogen-bond acceptors (Lipinski definition) is 6.